The molecule has 0 saturated heterocycles. The number of hydrogen-bond donors (Lipinski definition) is 2. The topological polar surface area (TPSA) is 58.6 Å². The SMILES string of the molecule is CC(C)C(O)c1ccc(CNC(=O)OC(C)(C)C)cc1. The molecule has 0 aliphatic carbocycles. The van der Waals surface area contributed by atoms with Crippen molar-refractivity contribution in [3.05, 3.63) is 35.4 Å². The summed E-state index contributed by atoms with van der Waals surface area (Å²) in [7, 11) is 0. The van der Waals surface area contributed by atoms with Gasteiger partial charge in [0.05, 0.1) is 6.10 Å². The Bertz CT molecular complexity index is 432. The van der Waals surface area contributed by atoms with Gasteiger partial charge in [-0.3, -0.25) is 0 Å². The molecule has 0 heterocycles. The van der Waals surface area contributed by atoms with Gasteiger partial charge in [0.1, 0.15) is 5.60 Å². The molecule has 20 heavy (non-hydrogen) atoms. The Morgan fingerprint density at radius 1 is 1.25 bits per heavy atom. The first-order valence-corrected chi connectivity index (χ1v) is 6.93. The number of aliphatic hydroxyl groups excluding tert-OH is 1. The number of benzene rings is 1. The Balaban J connectivity index is 2.52. The normalized spacial score (nSPS) is 13.2. The molecule has 0 bridgehead atoms. The van der Waals surface area contributed by atoms with Crippen LogP contribution in [0.2, 0.25) is 0 Å². The second-order valence-corrected chi connectivity index (χ2v) is 6.29. The molecule has 1 rings (SSSR count). The average Bonchev–Trinajstić information content (AvgIpc) is 2.34. The molecule has 0 radical (unpaired) electrons. The first-order chi connectivity index (χ1) is 9.19. The van der Waals surface area contributed by atoms with Crippen LogP contribution in [0.5, 0.6) is 0 Å². The molecule has 112 valence electrons. The molecule has 0 aliphatic rings. The highest BCUT2D eigenvalue weighted by Crippen LogP contribution is 2.21. The van der Waals surface area contributed by atoms with Gasteiger partial charge in [-0.2, -0.15) is 0 Å². The molecular weight excluding hydrogens is 254 g/mol. The highest BCUT2D eigenvalue weighted by atomic mass is 16.6. The second-order valence-electron chi connectivity index (χ2n) is 6.29. The lowest BCUT2D eigenvalue weighted by Gasteiger charge is -2.19. The minimum Gasteiger partial charge on any atom is -0.444 e. The molecule has 0 saturated carbocycles. The number of nitrogens with one attached hydrogen (secondary N) is 1. The van der Waals surface area contributed by atoms with E-state index in [2.05, 4.69) is 5.32 Å². The largest absolute Gasteiger partial charge is 0.444 e. The number of aliphatic hydroxyl groups is 1. The van der Waals surface area contributed by atoms with Crippen LogP contribution in [0.25, 0.3) is 0 Å². The fourth-order valence-corrected chi connectivity index (χ4v) is 1.71. The monoisotopic (exact) mass is 279 g/mol. The lowest BCUT2D eigenvalue weighted by Crippen LogP contribution is -2.32. The minimum atomic E-state index is -0.491. The molecule has 0 aromatic heterocycles. The van der Waals surface area contributed by atoms with E-state index in [9.17, 15) is 9.90 Å². The molecule has 1 unspecified atom stereocenters. The maximum atomic E-state index is 11.5. The van der Waals surface area contributed by atoms with Gasteiger partial charge in [-0.15, -0.1) is 0 Å². The number of hydrogen-bond acceptors (Lipinski definition) is 3. The fraction of sp³-hybridized carbons (Fsp3) is 0.562. The predicted octanol–water partition coefficient (Wildman–Crippen LogP) is 3.40. The van der Waals surface area contributed by atoms with Gasteiger partial charge in [0.15, 0.2) is 0 Å². The first-order valence-electron chi connectivity index (χ1n) is 6.93. The zero-order valence-corrected chi connectivity index (χ0v) is 12.9. The van der Waals surface area contributed by atoms with Crippen LogP contribution in [-0.4, -0.2) is 16.8 Å². The number of amides is 1. The summed E-state index contributed by atoms with van der Waals surface area (Å²) in [6.45, 7) is 9.84. The van der Waals surface area contributed by atoms with Gasteiger partial charge in [0, 0.05) is 6.54 Å². The summed E-state index contributed by atoms with van der Waals surface area (Å²) in [5, 5.41) is 12.6. The Kier molecular flexibility index (Phi) is 5.57. The maximum Gasteiger partial charge on any atom is 0.407 e. The quantitative estimate of drug-likeness (QED) is 0.888. The van der Waals surface area contributed by atoms with E-state index in [1.807, 2.05) is 58.9 Å². The molecular formula is C16H25NO3. The van der Waals surface area contributed by atoms with Crippen LogP contribution in [0.4, 0.5) is 4.79 Å². The minimum absolute atomic E-state index is 0.181. The van der Waals surface area contributed by atoms with E-state index in [0.29, 0.717) is 6.54 Å². The molecule has 4 heteroatoms. The lowest BCUT2D eigenvalue weighted by molar-refractivity contribution is 0.0523. The third-order valence-electron chi connectivity index (χ3n) is 2.79. The zero-order chi connectivity index (χ0) is 15.3. The van der Waals surface area contributed by atoms with Crippen molar-refractivity contribution in [2.75, 3.05) is 0 Å². The highest BCUT2D eigenvalue weighted by molar-refractivity contribution is 5.67. The van der Waals surface area contributed by atoms with Crippen LogP contribution in [0.1, 0.15) is 51.8 Å². The molecule has 1 amide bonds. The smallest absolute Gasteiger partial charge is 0.407 e. The summed E-state index contributed by atoms with van der Waals surface area (Å²) in [6.07, 6.45) is -0.883. The molecule has 1 aromatic rings. The maximum absolute atomic E-state index is 11.5. The van der Waals surface area contributed by atoms with E-state index in [0.717, 1.165) is 11.1 Å². The Morgan fingerprint density at radius 3 is 2.25 bits per heavy atom. The van der Waals surface area contributed by atoms with Crippen molar-refractivity contribution < 1.29 is 14.6 Å². The zero-order valence-electron chi connectivity index (χ0n) is 12.9. The average molecular weight is 279 g/mol. The number of carbonyl (C=O) groups is 1. The van der Waals surface area contributed by atoms with Crippen LogP contribution in [0.3, 0.4) is 0 Å². The van der Waals surface area contributed by atoms with Crippen molar-refractivity contribution in [1.29, 1.82) is 0 Å². The molecule has 0 fully saturated rings. The summed E-state index contributed by atoms with van der Waals surface area (Å²) in [6, 6.07) is 7.57. The molecule has 2 N–H and O–H groups in total. The van der Waals surface area contributed by atoms with Gasteiger partial charge in [0.2, 0.25) is 0 Å². The number of carbonyl (C=O) groups excluding carboxylic acids is 1. The molecule has 0 spiro atoms. The van der Waals surface area contributed by atoms with Crippen LogP contribution in [0, 0.1) is 5.92 Å². The third kappa shape index (κ3) is 5.61. The molecule has 1 atom stereocenters. The number of alkyl carbamates (subject to hydrolysis) is 1. The van der Waals surface area contributed by atoms with Crippen LogP contribution in [-0.2, 0) is 11.3 Å². The van der Waals surface area contributed by atoms with Crippen molar-refractivity contribution in [1.82, 2.24) is 5.32 Å². The summed E-state index contributed by atoms with van der Waals surface area (Å²) < 4.78 is 5.16. The lowest BCUT2D eigenvalue weighted by atomic mass is 9.98. The van der Waals surface area contributed by atoms with E-state index >= 15 is 0 Å². The van der Waals surface area contributed by atoms with Crippen molar-refractivity contribution in [2.24, 2.45) is 5.92 Å². The van der Waals surface area contributed by atoms with Gasteiger partial charge in [0.25, 0.3) is 0 Å². The molecule has 4 nitrogen and oxygen atoms in total. The third-order valence-corrected chi connectivity index (χ3v) is 2.79. The summed E-state index contributed by atoms with van der Waals surface area (Å²) in [5.74, 6) is 0.181. The number of ether oxygens (including phenoxy) is 1. The number of rotatable bonds is 4. The van der Waals surface area contributed by atoms with E-state index in [4.69, 9.17) is 4.74 Å². The van der Waals surface area contributed by atoms with Gasteiger partial charge < -0.3 is 15.2 Å². The van der Waals surface area contributed by atoms with Crippen LogP contribution >= 0.6 is 0 Å². The molecule has 1 aromatic carbocycles. The van der Waals surface area contributed by atoms with E-state index < -0.39 is 17.8 Å². The summed E-state index contributed by atoms with van der Waals surface area (Å²) >= 11 is 0. The van der Waals surface area contributed by atoms with E-state index in [1.165, 1.54) is 0 Å². The van der Waals surface area contributed by atoms with E-state index in [-0.39, 0.29) is 5.92 Å². The first kappa shape index (κ1) is 16.5. The predicted molar refractivity (Wildman–Crippen MR) is 79.3 cm³/mol. The van der Waals surface area contributed by atoms with Crippen LogP contribution < -0.4 is 5.32 Å². The summed E-state index contributed by atoms with van der Waals surface area (Å²) in [5.41, 5.74) is 1.37. The van der Waals surface area contributed by atoms with Gasteiger partial charge in [-0.1, -0.05) is 38.1 Å². The second kappa shape index (κ2) is 6.75. The van der Waals surface area contributed by atoms with Gasteiger partial charge >= 0.3 is 6.09 Å². The summed E-state index contributed by atoms with van der Waals surface area (Å²) in [4.78, 5) is 11.5. The van der Waals surface area contributed by atoms with E-state index in [1.54, 1.807) is 0 Å². The van der Waals surface area contributed by atoms with Crippen LogP contribution in [0.15, 0.2) is 24.3 Å². The Hall–Kier alpha value is -1.55. The van der Waals surface area contributed by atoms with Crippen molar-refractivity contribution in [2.45, 2.75) is 52.9 Å². The van der Waals surface area contributed by atoms with Gasteiger partial charge in [-0.05, 0) is 37.8 Å². The van der Waals surface area contributed by atoms with Crippen molar-refractivity contribution >= 4 is 6.09 Å². The Labute approximate surface area is 121 Å². The molecule has 0 aliphatic heterocycles. The highest BCUT2D eigenvalue weighted by Gasteiger charge is 2.16. The Morgan fingerprint density at radius 2 is 1.80 bits per heavy atom. The van der Waals surface area contributed by atoms with Gasteiger partial charge in [-0.25, -0.2) is 4.79 Å². The van der Waals surface area contributed by atoms with Crippen molar-refractivity contribution in [3.63, 3.8) is 0 Å². The van der Waals surface area contributed by atoms with Crippen molar-refractivity contribution in [3.8, 4) is 0 Å². The fourth-order valence-electron chi connectivity index (χ4n) is 1.71. The standard InChI is InChI=1S/C16H25NO3/c1-11(2)14(18)13-8-6-12(7-9-13)10-17-15(19)20-16(3,4)5/h6-9,11,14,18H,10H2,1-5H3,(H,17,19).